The molecule has 0 radical (unpaired) electrons. The second-order valence-electron chi connectivity index (χ2n) is 2.17. The summed E-state index contributed by atoms with van der Waals surface area (Å²) in [6.07, 6.45) is 1.91. The first-order valence-electron chi connectivity index (χ1n) is 3.58. The molecule has 0 aliphatic heterocycles. The molecule has 0 unspecified atom stereocenters. The van der Waals surface area contributed by atoms with Gasteiger partial charge >= 0.3 is 5.97 Å². The average molecular weight is 159 g/mol. The molecule has 0 spiro atoms. The monoisotopic (exact) mass is 159 g/mol. The third-order valence-electron chi connectivity index (χ3n) is 1.10. The molecular weight excluding hydrogens is 146 g/mol. The van der Waals surface area contributed by atoms with Gasteiger partial charge in [-0.2, -0.15) is 0 Å². The van der Waals surface area contributed by atoms with E-state index in [1.54, 1.807) is 0 Å². The summed E-state index contributed by atoms with van der Waals surface area (Å²) < 4.78 is 0. The van der Waals surface area contributed by atoms with E-state index in [9.17, 15) is 4.79 Å². The van der Waals surface area contributed by atoms with Crippen molar-refractivity contribution in [3.63, 3.8) is 0 Å². The van der Waals surface area contributed by atoms with Gasteiger partial charge in [-0.15, -0.1) is 0 Å². The Morgan fingerprint density at radius 3 is 2.73 bits per heavy atom. The summed E-state index contributed by atoms with van der Waals surface area (Å²) in [7, 11) is 0. The fraction of sp³-hybridized carbons (Fsp3) is 0.714. The van der Waals surface area contributed by atoms with Crippen molar-refractivity contribution in [2.45, 2.75) is 26.7 Å². The van der Waals surface area contributed by atoms with E-state index in [-0.39, 0.29) is 5.71 Å². The zero-order valence-corrected chi connectivity index (χ0v) is 6.83. The van der Waals surface area contributed by atoms with Gasteiger partial charge in [-0.05, 0) is 13.3 Å². The average Bonchev–Trinajstić information content (AvgIpc) is 1.97. The number of oxime groups is 1. The predicted octanol–water partition coefficient (Wildman–Crippen LogP) is 1.26. The van der Waals surface area contributed by atoms with E-state index >= 15 is 0 Å². The van der Waals surface area contributed by atoms with Crippen molar-refractivity contribution in [2.24, 2.45) is 5.16 Å². The Morgan fingerprint density at radius 1 is 1.64 bits per heavy atom. The number of carboxylic acid groups (broad SMARTS) is 1. The summed E-state index contributed by atoms with van der Waals surface area (Å²) >= 11 is 0. The van der Waals surface area contributed by atoms with Crippen molar-refractivity contribution in [2.75, 3.05) is 6.61 Å². The lowest BCUT2D eigenvalue weighted by Gasteiger charge is -1.96. The second kappa shape index (κ2) is 5.70. The van der Waals surface area contributed by atoms with Gasteiger partial charge in [0.2, 0.25) is 0 Å². The Kier molecular flexibility index (Phi) is 5.15. The van der Waals surface area contributed by atoms with Gasteiger partial charge in [-0.3, -0.25) is 0 Å². The highest BCUT2D eigenvalue weighted by atomic mass is 16.6. The van der Waals surface area contributed by atoms with Crippen LogP contribution in [0.5, 0.6) is 0 Å². The molecule has 0 fully saturated rings. The number of hydrogen-bond donors (Lipinski definition) is 1. The third kappa shape index (κ3) is 5.39. The molecule has 0 atom stereocenters. The minimum Gasteiger partial charge on any atom is -0.477 e. The second-order valence-corrected chi connectivity index (χ2v) is 2.17. The van der Waals surface area contributed by atoms with Crippen LogP contribution in [0.2, 0.25) is 0 Å². The van der Waals surface area contributed by atoms with Crippen LogP contribution < -0.4 is 0 Å². The lowest BCUT2D eigenvalue weighted by atomic mass is 10.4. The molecule has 0 aliphatic rings. The largest absolute Gasteiger partial charge is 0.477 e. The quantitative estimate of drug-likeness (QED) is 0.373. The van der Waals surface area contributed by atoms with Crippen LogP contribution in [0.15, 0.2) is 5.16 Å². The predicted molar refractivity (Wildman–Crippen MR) is 41.6 cm³/mol. The molecule has 0 heterocycles. The van der Waals surface area contributed by atoms with Crippen molar-refractivity contribution in [1.82, 2.24) is 0 Å². The molecule has 1 N–H and O–H groups in total. The molecule has 0 amide bonds. The maximum absolute atomic E-state index is 10.2. The summed E-state index contributed by atoms with van der Waals surface area (Å²) in [5.41, 5.74) is -0.0129. The molecular formula is C7H13NO3. The maximum Gasteiger partial charge on any atom is 0.353 e. The molecule has 11 heavy (non-hydrogen) atoms. The lowest BCUT2D eigenvalue weighted by Crippen LogP contribution is -2.08. The summed E-state index contributed by atoms with van der Waals surface area (Å²) in [6, 6.07) is 0. The molecule has 64 valence electrons. The minimum atomic E-state index is -1.04. The third-order valence-corrected chi connectivity index (χ3v) is 1.10. The molecule has 0 aromatic carbocycles. The van der Waals surface area contributed by atoms with E-state index in [0.29, 0.717) is 6.61 Å². The number of carboxylic acids is 1. The van der Waals surface area contributed by atoms with Crippen LogP contribution in [0, 0.1) is 0 Å². The number of aliphatic carboxylic acids is 1. The van der Waals surface area contributed by atoms with E-state index < -0.39 is 5.97 Å². The molecule has 0 rings (SSSR count). The first-order chi connectivity index (χ1) is 5.18. The van der Waals surface area contributed by atoms with E-state index in [2.05, 4.69) is 5.16 Å². The number of rotatable bonds is 5. The lowest BCUT2D eigenvalue weighted by molar-refractivity contribution is -0.129. The van der Waals surface area contributed by atoms with Crippen LogP contribution in [0.3, 0.4) is 0 Å². The van der Waals surface area contributed by atoms with Gasteiger partial charge in [0.15, 0.2) is 5.71 Å². The highest BCUT2D eigenvalue weighted by Gasteiger charge is 2.00. The SMILES string of the molecule is CCCCO/N=C(\C)C(=O)O. The number of unbranched alkanes of at least 4 members (excludes halogenated alkanes) is 1. The molecule has 0 aromatic rings. The Bertz CT molecular complexity index is 154. The fourth-order valence-electron chi connectivity index (χ4n) is 0.390. The van der Waals surface area contributed by atoms with E-state index in [1.165, 1.54) is 6.92 Å². The van der Waals surface area contributed by atoms with Crippen LogP contribution in [0.4, 0.5) is 0 Å². The Hall–Kier alpha value is -1.06. The molecule has 0 saturated carbocycles. The van der Waals surface area contributed by atoms with Gasteiger partial charge in [-0.1, -0.05) is 18.5 Å². The molecule has 0 aromatic heterocycles. The number of hydrogen-bond acceptors (Lipinski definition) is 3. The summed E-state index contributed by atoms with van der Waals surface area (Å²) in [5, 5.41) is 11.7. The highest BCUT2D eigenvalue weighted by molar-refractivity contribution is 6.34. The van der Waals surface area contributed by atoms with Gasteiger partial charge in [0.25, 0.3) is 0 Å². The molecule has 0 bridgehead atoms. The molecule has 4 nitrogen and oxygen atoms in total. The summed E-state index contributed by atoms with van der Waals surface area (Å²) in [6.45, 7) is 3.91. The summed E-state index contributed by atoms with van der Waals surface area (Å²) in [4.78, 5) is 14.9. The van der Waals surface area contributed by atoms with Crippen molar-refractivity contribution in [1.29, 1.82) is 0 Å². The maximum atomic E-state index is 10.2. The molecule has 0 saturated heterocycles. The zero-order valence-electron chi connectivity index (χ0n) is 6.83. The first kappa shape index (κ1) is 9.94. The van der Waals surface area contributed by atoms with Gasteiger partial charge in [0, 0.05) is 0 Å². The highest BCUT2D eigenvalue weighted by Crippen LogP contribution is 1.89. The number of nitrogens with zero attached hydrogens (tertiary/aromatic N) is 1. The molecule has 0 aliphatic carbocycles. The summed E-state index contributed by atoms with van der Waals surface area (Å²) in [5.74, 6) is -1.04. The van der Waals surface area contributed by atoms with Gasteiger partial charge in [-0.25, -0.2) is 4.79 Å². The van der Waals surface area contributed by atoms with Crippen LogP contribution >= 0.6 is 0 Å². The standard InChI is InChI=1S/C7H13NO3/c1-3-4-5-11-8-6(2)7(9)10/h3-5H2,1-2H3,(H,9,10)/b8-6+. The van der Waals surface area contributed by atoms with Crippen LogP contribution in [0.25, 0.3) is 0 Å². The fourth-order valence-corrected chi connectivity index (χ4v) is 0.390. The van der Waals surface area contributed by atoms with E-state index in [1.807, 2.05) is 6.92 Å². The van der Waals surface area contributed by atoms with E-state index in [0.717, 1.165) is 12.8 Å². The number of carbonyl (C=O) groups is 1. The Balaban J connectivity index is 3.48. The van der Waals surface area contributed by atoms with Crippen molar-refractivity contribution in [3.8, 4) is 0 Å². The smallest absolute Gasteiger partial charge is 0.353 e. The zero-order chi connectivity index (χ0) is 8.69. The topological polar surface area (TPSA) is 58.9 Å². The normalized spacial score (nSPS) is 11.3. The van der Waals surface area contributed by atoms with Crippen molar-refractivity contribution < 1.29 is 14.7 Å². The molecule has 4 heteroatoms. The van der Waals surface area contributed by atoms with Gasteiger partial charge in [0.05, 0.1) is 0 Å². The Labute approximate surface area is 65.8 Å². The van der Waals surface area contributed by atoms with Gasteiger partial charge < -0.3 is 9.94 Å². The van der Waals surface area contributed by atoms with Crippen LogP contribution in [0.1, 0.15) is 26.7 Å². The van der Waals surface area contributed by atoms with Crippen LogP contribution in [-0.2, 0) is 9.63 Å². The van der Waals surface area contributed by atoms with E-state index in [4.69, 9.17) is 9.94 Å². The Morgan fingerprint density at radius 2 is 2.27 bits per heavy atom. The van der Waals surface area contributed by atoms with Gasteiger partial charge in [0.1, 0.15) is 6.61 Å². The van der Waals surface area contributed by atoms with Crippen LogP contribution in [-0.4, -0.2) is 23.4 Å². The van der Waals surface area contributed by atoms with Crippen molar-refractivity contribution >= 4 is 11.7 Å². The first-order valence-corrected chi connectivity index (χ1v) is 3.58. The minimum absolute atomic E-state index is 0.0129. The van der Waals surface area contributed by atoms with Crippen molar-refractivity contribution in [3.05, 3.63) is 0 Å².